The van der Waals surface area contributed by atoms with Crippen LogP contribution in [-0.4, -0.2) is 32.1 Å². The Morgan fingerprint density at radius 1 is 1.22 bits per heavy atom. The van der Waals surface area contributed by atoms with Crippen LogP contribution in [0.4, 0.5) is 5.13 Å². The number of benzene rings is 1. The summed E-state index contributed by atoms with van der Waals surface area (Å²) < 4.78 is 0. The van der Waals surface area contributed by atoms with E-state index in [4.69, 9.17) is 0 Å². The highest BCUT2D eigenvalue weighted by Gasteiger charge is 2.05. The highest BCUT2D eigenvalue weighted by molar-refractivity contribution is 14.0. The molecule has 1 aromatic heterocycles. The molecule has 2 rings (SSSR count). The number of rotatable bonds is 5. The van der Waals surface area contributed by atoms with Gasteiger partial charge < -0.3 is 15.5 Å². The molecule has 2 aromatic rings. The summed E-state index contributed by atoms with van der Waals surface area (Å²) in [6.45, 7) is 3.54. The van der Waals surface area contributed by atoms with Gasteiger partial charge in [0.1, 0.15) is 0 Å². The van der Waals surface area contributed by atoms with E-state index in [1.54, 1.807) is 18.4 Å². The van der Waals surface area contributed by atoms with Crippen LogP contribution in [0.1, 0.15) is 16.8 Å². The monoisotopic (exact) mass is 445 g/mol. The minimum absolute atomic E-state index is 0. The molecule has 0 aliphatic rings. The van der Waals surface area contributed by atoms with E-state index < -0.39 is 0 Å². The topological polar surface area (TPSA) is 52.6 Å². The van der Waals surface area contributed by atoms with Crippen molar-refractivity contribution in [3.05, 3.63) is 46.5 Å². The molecule has 0 atom stereocenters. The summed E-state index contributed by atoms with van der Waals surface area (Å²) >= 11 is 1.64. The van der Waals surface area contributed by atoms with Crippen LogP contribution in [-0.2, 0) is 13.1 Å². The summed E-state index contributed by atoms with van der Waals surface area (Å²) in [5, 5.41) is 9.70. The van der Waals surface area contributed by atoms with E-state index in [2.05, 4.69) is 57.2 Å². The van der Waals surface area contributed by atoms with E-state index in [0.29, 0.717) is 6.54 Å². The summed E-state index contributed by atoms with van der Waals surface area (Å²) in [5.74, 6) is 0.780. The van der Waals surface area contributed by atoms with Crippen molar-refractivity contribution in [1.29, 1.82) is 0 Å². The lowest BCUT2D eigenvalue weighted by Crippen LogP contribution is -2.36. The molecule has 0 radical (unpaired) electrons. The predicted octanol–water partition coefficient (Wildman–Crippen LogP) is 3.00. The zero-order valence-corrected chi connectivity index (χ0v) is 17.1. The van der Waals surface area contributed by atoms with Gasteiger partial charge in [-0.1, -0.05) is 24.3 Å². The van der Waals surface area contributed by atoms with E-state index in [0.717, 1.165) is 23.3 Å². The normalized spacial score (nSPS) is 10.9. The Morgan fingerprint density at radius 2 is 1.91 bits per heavy atom. The number of aromatic nitrogens is 1. The predicted molar refractivity (Wildman–Crippen MR) is 110 cm³/mol. The lowest BCUT2D eigenvalue weighted by molar-refractivity contribution is 0.795. The van der Waals surface area contributed by atoms with Crippen LogP contribution in [0.25, 0.3) is 0 Å². The Morgan fingerprint density at radius 3 is 2.52 bits per heavy atom. The fourth-order valence-electron chi connectivity index (χ4n) is 1.97. The van der Waals surface area contributed by atoms with Crippen LogP contribution >= 0.6 is 35.3 Å². The summed E-state index contributed by atoms with van der Waals surface area (Å²) in [7, 11) is 5.77. The van der Waals surface area contributed by atoms with Gasteiger partial charge in [0.15, 0.2) is 11.1 Å². The smallest absolute Gasteiger partial charge is 0.191 e. The van der Waals surface area contributed by atoms with Gasteiger partial charge in [-0.3, -0.25) is 4.99 Å². The molecule has 0 fully saturated rings. The molecule has 7 heteroatoms. The average molecular weight is 445 g/mol. The lowest BCUT2D eigenvalue weighted by Gasteiger charge is -2.12. The number of guanidine groups is 1. The standard InChI is InChI=1S/C16H23N5S.HI/c1-12-7-5-6-8-13(12)9-18-15(17-2)19-10-14-11-22-16(20-14)21(3)4;/h5-8,11H,9-10H2,1-4H3,(H2,17,18,19);1H. The molecule has 0 bridgehead atoms. The fourth-order valence-corrected chi connectivity index (χ4v) is 2.72. The first-order chi connectivity index (χ1) is 10.6. The molecule has 0 saturated heterocycles. The first-order valence-corrected chi connectivity index (χ1v) is 8.09. The molecule has 0 amide bonds. The Bertz CT molecular complexity index is 639. The number of anilines is 1. The third kappa shape index (κ3) is 5.98. The SMILES string of the molecule is CN=C(NCc1csc(N(C)C)n1)NCc1ccccc1C.I. The summed E-state index contributed by atoms with van der Waals surface area (Å²) in [4.78, 5) is 10.8. The van der Waals surface area contributed by atoms with Gasteiger partial charge in [-0.05, 0) is 18.1 Å². The minimum Gasteiger partial charge on any atom is -0.354 e. The first-order valence-electron chi connectivity index (χ1n) is 7.21. The zero-order valence-electron chi connectivity index (χ0n) is 14.0. The quantitative estimate of drug-likeness (QED) is 0.422. The Balaban J connectivity index is 0.00000264. The number of halogens is 1. The number of aryl methyl sites for hydroxylation is 1. The fraction of sp³-hybridized carbons (Fsp3) is 0.375. The Hall–Kier alpha value is -1.35. The third-order valence-corrected chi connectivity index (χ3v) is 4.35. The highest BCUT2D eigenvalue weighted by Crippen LogP contribution is 2.17. The van der Waals surface area contributed by atoms with Crippen LogP contribution in [0.3, 0.4) is 0 Å². The summed E-state index contributed by atoms with van der Waals surface area (Å²) in [6.07, 6.45) is 0. The molecule has 126 valence electrons. The van der Waals surface area contributed by atoms with Crippen LogP contribution in [0.15, 0.2) is 34.6 Å². The van der Waals surface area contributed by atoms with E-state index in [9.17, 15) is 0 Å². The molecule has 0 aliphatic carbocycles. The van der Waals surface area contributed by atoms with Crippen LogP contribution in [0.2, 0.25) is 0 Å². The van der Waals surface area contributed by atoms with Crippen molar-refractivity contribution in [3.63, 3.8) is 0 Å². The zero-order chi connectivity index (χ0) is 15.9. The maximum atomic E-state index is 4.55. The lowest BCUT2D eigenvalue weighted by atomic mass is 10.1. The molecule has 2 N–H and O–H groups in total. The number of aliphatic imine (C=N–C) groups is 1. The molecule has 1 aromatic carbocycles. The number of nitrogens with one attached hydrogen (secondary N) is 2. The number of thiazole rings is 1. The molecule has 1 heterocycles. The first kappa shape index (κ1) is 19.7. The Kier molecular flexibility index (Phi) is 8.32. The van der Waals surface area contributed by atoms with Crippen molar-refractivity contribution in [2.45, 2.75) is 20.0 Å². The summed E-state index contributed by atoms with van der Waals surface area (Å²) in [6, 6.07) is 8.35. The van der Waals surface area contributed by atoms with Crippen molar-refractivity contribution >= 4 is 46.4 Å². The van der Waals surface area contributed by atoms with Crippen molar-refractivity contribution in [1.82, 2.24) is 15.6 Å². The second-order valence-corrected chi connectivity index (χ2v) is 6.06. The van der Waals surface area contributed by atoms with E-state index in [1.807, 2.05) is 19.0 Å². The second kappa shape index (κ2) is 9.71. The van der Waals surface area contributed by atoms with Gasteiger partial charge in [-0.2, -0.15) is 0 Å². The Labute approximate surface area is 159 Å². The molecule has 23 heavy (non-hydrogen) atoms. The molecule has 0 unspecified atom stereocenters. The van der Waals surface area contributed by atoms with Gasteiger partial charge in [-0.25, -0.2) is 4.98 Å². The molecular formula is C16H24IN5S. The molecule has 5 nitrogen and oxygen atoms in total. The molecule has 0 aliphatic heterocycles. The van der Waals surface area contributed by atoms with Crippen LogP contribution < -0.4 is 15.5 Å². The maximum absolute atomic E-state index is 4.55. The van der Waals surface area contributed by atoms with Gasteiger partial charge in [0.25, 0.3) is 0 Å². The van der Waals surface area contributed by atoms with E-state index in [1.165, 1.54) is 11.1 Å². The van der Waals surface area contributed by atoms with Gasteiger partial charge in [-0.15, -0.1) is 35.3 Å². The van der Waals surface area contributed by atoms with Crippen molar-refractivity contribution in [2.75, 3.05) is 26.0 Å². The third-order valence-electron chi connectivity index (χ3n) is 3.29. The number of hydrogen-bond donors (Lipinski definition) is 2. The van der Waals surface area contributed by atoms with Gasteiger partial charge in [0.2, 0.25) is 0 Å². The maximum Gasteiger partial charge on any atom is 0.191 e. The largest absolute Gasteiger partial charge is 0.354 e. The number of hydrogen-bond acceptors (Lipinski definition) is 4. The van der Waals surface area contributed by atoms with Crippen LogP contribution in [0.5, 0.6) is 0 Å². The van der Waals surface area contributed by atoms with Gasteiger partial charge in [0, 0.05) is 33.1 Å². The van der Waals surface area contributed by atoms with Crippen molar-refractivity contribution in [3.8, 4) is 0 Å². The summed E-state index contributed by atoms with van der Waals surface area (Å²) in [5.41, 5.74) is 3.57. The van der Waals surface area contributed by atoms with Crippen molar-refractivity contribution in [2.24, 2.45) is 4.99 Å². The molecule has 0 saturated carbocycles. The van der Waals surface area contributed by atoms with Crippen LogP contribution in [0, 0.1) is 6.92 Å². The highest BCUT2D eigenvalue weighted by atomic mass is 127. The van der Waals surface area contributed by atoms with E-state index in [-0.39, 0.29) is 24.0 Å². The second-order valence-electron chi connectivity index (χ2n) is 5.22. The van der Waals surface area contributed by atoms with Crippen molar-refractivity contribution < 1.29 is 0 Å². The van der Waals surface area contributed by atoms with Gasteiger partial charge >= 0.3 is 0 Å². The van der Waals surface area contributed by atoms with E-state index >= 15 is 0 Å². The molecular weight excluding hydrogens is 421 g/mol. The van der Waals surface area contributed by atoms with Gasteiger partial charge in [0.05, 0.1) is 12.2 Å². The molecule has 0 spiro atoms. The number of nitrogens with zero attached hydrogens (tertiary/aromatic N) is 3. The average Bonchev–Trinajstić information content (AvgIpc) is 2.98. The minimum atomic E-state index is 0.